The van der Waals surface area contributed by atoms with Crippen molar-refractivity contribution in [1.82, 2.24) is 19.9 Å². The van der Waals surface area contributed by atoms with Crippen molar-refractivity contribution >= 4 is 5.91 Å². The minimum Gasteiger partial charge on any atom is -0.394 e. The smallest absolute Gasteiger partial charge is 0.273 e. The SMILES string of the molecule is CC.Cc1ccc(-c2ncccn2)c(C(=O)N2CC[C@H](C)CC2CO)n1. The number of carbonyl (C=O) groups is 1. The Morgan fingerprint density at radius 1 is 1.27 bits per heavy atom. The van der Waals surface area contributed by atoms with Crippen molar-refractivity contribution < 1.29 is 9.90 Å². The molecule has 2 aromatic rings. The second kappa shape index (κ2) is 9.38. The van der Waals surface area contributed by atoms with E-state index in [1.54, 1.807) is 23.4 Å². The first-order valence-corrected chi connectivity index (χ1v) is 9.27. The van der Waals surface area contributed by atoms with Gasteiger partial charge in [-0.05, 0) is 43.9 Å². The zero-order valence-corrected chi connectivity index (χ0v) is 16.0. The molecule has 1 amide bonds. The number of carbonyl (C=O) groups excluding carboxylic acids is 1. The fraction of sp³-hybridized carbons (Fsp3) is 0.500. The minimum absolute atomic E-state index is 0.0287. The summed E-state index contributed by atoms with van der Waals surface area (Å²) < 4.78 is 0. The molecule has 1 unspecified atom stereocenters. The van der Waals surface area contributed by atoms with Crippen molar-refractivity contribution in [2.75, 3.05) is 13.2 Å². The largest absolute Gasteiger partial charge is 0.394 e. The Kier molecular flexibility index (Phi) is 7.21. The number of piperidine rings is 1. The van der Waals surface area contributed by atoms with Gasteiger partial charge in [-0.15, -0.1) is 0 Å². The summed E-state index contributed by atoms with van der Waals surface area (Å²) in [5.41, 5.74) is 1.75. The lowest BCUT2D eigenvalue weighted by Gasteiger charge is -2.37. The van der Waals surface area contributed by atoms with Gasteiger partial charge in [0.2, 0.25) is 0 Å². The van der Waals surface area contributed by atoms with Crippen molar-refractivity contribution in [3.05, 3.63) is 42.0 Å². The number of amides is 1. The fourth-order valence-corrected chi connectivity index (χ4v) is 3.17. The summed E-state index contributed by atoms with van der Waals surface area (Å²) in [6, 6.07) is 5.27. The van der Waals surface area contributed by atoms with Gasteiger partial charge in [0.1, 0.15) is 5.69 Å². The Morgan fingerprint density at radius 3 is 2.62 bits per heavy atom. The molecular formula is C20H28N4O2. The first-order chi connectivity index (χ1) is 12.6. The Balaban J connectivity index is 0.00000117. The van der Waals surface area contributed by atoms with E-state index in [-0.39, 0.29) is 18.6 Å². The third-order valence-corrected chi connectivity index (χ3v) is 4.49. The first kappa shape index (κ1) is 20.0. The van der Waals surface area contributed by atoms with E-state index in [0.29, 0.717) is 29.5 Å². The quantitative estimate of drug-likeness (QED) is 0.914. The van der Waals surface area contributed by atoms with E-state index in [1.165, 1.54) is 0 Å². The maximum absolute atomic E-state index is 13.1. The molecule has 0 bridgehead atoms. The average Bonchev–Trinajstić information content (AvgIpc) is 2.69. The highest BCUT2D eigenvalue weighted by Gasteiger charge is 2.32. The first-order valence-electron chi connectivity index (χ1n) is 9.27. The van der Waals surface area contributed by atoms with Crippen LogP contribution >= 0.6 is 0 Å². The molecule has 3 rings (SSSR count). The van der Waals surface area contributed by atoms with Crippen LogP contribution in [0.25, 0.3) is 11.4 Å². The number of likely N-dealkylation sites (tertiary alicyclic amines) is 1. The van der Waals surface area contributed by atoms with Gasteiger partial charge < -0.3 is 10.0 Å². The molecule has 0 aromatic carbocycles. The van der Waals surface area contributed by atoms with E-state index in [0.717, 1.165) is 18.5 Å². The Labute approximate surface area is 155 Å². The third-order valence-electron chi connectivity index (χ3n) is 4.49. The van der Waals surface area contributed by atoms with Gasteiger partial charge in [-0.1, -0.05) is 20.8 Å². The molecule has 1 fully saturated rings. The van der Waals surface area contributed by atoms with Crippen molar-refractivity contribution in [3.8, 4) is 11.4 Å². The normalized spacial score (nSPS) is 19.5. The predicted octanol–water partition coefficient (Wildman–Crippen LogP) is 3.11. The van der Waals surface area contributed by atoms with E-state index in [2.05, 4.69) is 21.9 Å². The van der Waals surface area contributed by atoms with Crippen LogP contribution in [-0.2, 0) is 0 Å². The highest BCUT2D eigenvalue weighted by atomic mass is 16.3. The molecule has 3 heterocycles. The zero-order chi connectivity index (χ0) is 19.1. The fourth-order valence-electron chi connectivity index (χ4n) is 3.17. The second-order valence-electron chi connectivity index (χ2n) is 6.39. The van der Waals surface area contributed by atoms with Crippen molar-refractivity contribution in [2.24, 2.45) is 5.92 Å². The number of aromatic nitrogens is 3. The lowest BCUT2D eigenvalue weighted by molar-refractivity contribution is 0.0426. The van der Waals surface area contributed by atoms with Crippen LogP contribution in [0.3, 0.4) is 0 Å². The molecule has 2 atom stereocenters. The maximum Gasteiger partial charge on any atom is 0.273 e. The number of aliphatic hydroxyl groups is 1. The maximum atomic E-state index is 13.1. The summed E-state index contributed by atoms with van der Waals surface area (Å²) in [5.74, 6) is 0.833. The van der Waals surface area contributed by atoms with Crippen LogP contribution in [0, 0.1) is 12.8 Å². The standard InChI is InChI=1S/C18H22N4O2.C2H6/c1-12-6-9-22(14(10-12)11-23)18(24)16-15(5-4-13(2)21-16)17-19-7-3-8-20-17;1-2/h3-5,7-8,12,14,23H,6,9-11H2,1-2H3;1-2H3/t12-,14?;/m0./s1. The van der Waals surface area contributed by atoms with E-state index < -0.39 is 0 Å². The van der Waals surface area contributed by atoms with E-state index in [9.17, 15) is 9.90 Å². The Bertz CT molecular complexity index is 721. The number of hydrogen-bond acceptors (Lipinski definition) is 5. The van der Waals surface area contributed by atoms with Crippen molar-refractivity contribution in [2.45, 2.75) is 46.6 Å². The van der Waals surface area contributed by atoms with Crippen LogP contribution < -0.4 is 0 Å². The van der Waals surface area contributed by atoms with Crippen LogP contribution in [0.2, 0.25) is 0 Å². The van der Waals surface area contributed by atoms with E-state index in [1.807, 2.05) is 32.9 Å². The van der Waals surface area contributed by atoms with Crippen LogP contribution in [0.4, 0.5) is 0 Å². The average molecular weight is 356 g/mol. The summed E-state index contributed by atoms with van der Waals surface area (Å²) >= 11 is 0. The number of pyridine rings is 1. The molecule has 140 valence electrons. The predicted molar refractivity (Wildman–Crippen MR) is 102 cm³/mol. The summed E-state index contributed by atoms with van der Waals surface area (Å²) in [5, 5.41) is 9.68. The molecule has 6 heteroatoms. The third kappa shape index (κ3) is 4.43. The number of hydrogen-bond donors (Lipinski definition) is 1. The summed E-state index contributed by atoms with van der Waals surface area (Å²) in [4.78, 5) is 27.8. The van der Waals surface area contributed by atoms with E-state index in [4.69, 9.17) is 0 Å². The molecule has 1 aliphatic rings. The van der Waals surface area contributed by atoms with Crippen LogP contribution in [0.15, 0.2) is 30.6 Å². The Hall–Kier alpha value is -2.34. The van der Waals surface area contributed by atoms with Crippen molar-refractivity contribution in [1.29, 1.82) is 0 Å². The lowest BCUT2D eigenvalue weighted by Crippen LogP contribution is -2.48. The van der Waals surface area contributed by atoms with Gasteiger partial charge in [0.05, 0.1) is 18.2 Å². The van der Waals surface area contributed by atoms with Gasteiger partial charge in [0.15, 0.2) is 5.82 Å². The molecule has 6 nitrogen and oxygen atoms in total. The van der Waals surface area contributed by atoms with Crippen LogP contribution in [-0.4, -0.2) is 50.1 Å². The Morgan fingerprint density at radius 2 is 1.96 bits per heavy atom. The lowest BCUT2D eigenvalue weighted by atomic mass is 9.92. The van der Waals surface area contributed by atoms with Crippen LogP contribution in [0.5, 0.6) is 0 Å². The summed E-state index contributed by atoms with van der Waals surface area (Å²) in [6.07, 6.45) is 5.04. The molecule has 1 aliphatic heterocycles. The number of nitrogens with zero attached hydrogens (tertiary/aromatic N) is 4. The molecule has 0 radical (unpaired) electrons. The van der Waals surface area contributed by atoms with Gasteiger partial charge in [-0.3, -0.25) is 4.79 Å². The highest BCUT2D eigenvalue weighted by Crippen LogP contribution is 2.26. The van der Waals surface area contributed by atoms with Crippen LogP contribution in [0.1, 0.15) is 49.8 Å². The molecule has 2 aromatic heterocycles. The highest BCUT2D eigenvalue weighted by molar-refractivity contribution is 5.98. The second-order valence-corrected chi connectivity index (χ2v) is 6.39. The minimum atomic E-state index is -0.160. The molecule has 0 saturated carbocycles. The van der Waals surface area contributed by atoms with Gasteiger partial charge >= 0.3 is 0 Å². The van der Waals surface area contributed by atoms with E-state index >= 15 is 0 Å². The van der Waals surface area contributed by atoms with Gasteiger partial charge in [0.25, 0.3) is 5.91 Å². The molecule has 1 N–H and O–H groups in total. The number of aryl methyl sites for hydroxylation is 1. The topological polar surface area (TPSA) is 79.2 Å². The monoisotopic (exact) mass is 356 g/mol. The molecule has 1 saturated heterocycles. The number of rotatable bonds is 3. The summed E-state index contributed by atoms with van der Waals surface area (Å²) in [6.45, 7) is 8.61. The van der Waals surface area contributed by atoms with Crippen molar-refractivity contribution in [3.63, 3.8) is 0 Å². The number of aliphatic hydroxyl groups excluding tert-OH is 1. The summed E-state index contributed by atoms with van der Waals surface area (Å²) in [7, 11) is 0. The molecule has 0 spiro atoms. The van der Waals surface area contributed by atoms with Gasteiger partial charge in [-0.25, -0.2) is 15.0 Å². The molecule has 0 aliphatic carbocycles. The van der Waals surface area contributed by atoms with Gasteiger partial charge in [-0.2, -0.15) is 0 Å². The van der Waals surface area contributed by atoms with Gasteiger partial charge in [0, 0.05) is 24.6 Å². The molecular weight excluding hydrogens is 328 g/mol. The zero-order valence-electron chi connectivity index (χ0n) is 16.0. The molecule has 26 heavy (non-hydrogen) atoms.